The van der Waals surface area contributed by atoms with Gasteiger partial charge in [-0.2, -0.15) is 0 Å². The Morgan fingerprint density at radius 2 is 2.20 bits per heavy atom. The highest BCUT2D eigenvalue weighted by Gasteiger charge is 2.06. The van der Waals surface area contributed by atoms with Gasteiger partial charge in [-0.05, 0) is 46.6 Å². The molecular weight excluding hydrogens is 322 g/mol. The molecule has 1 aromatic carbocycles. The van der Waals surface area contributed by atoms with Gasteiger partial charge in [-0.25, -0.2) is 0 Å². The molecule has 0 spiro atoms. The predicted molar refractivity (Wildman–Crippen MR) is 81.7 cm³/mol. The number of nitrogen functional groups attached to an aromatic ring is 1. The van der Waals surface area contributed by atoms with E-state index in [2.05, 4.69) is 26.2 Å². The van der Waals surface area contributed by atoms with Crippen LogP contribution < -0.4 is 15.8 Å². The summed E-state index contributed by atoms with van der Waals surface area (Å²) < 4.78 is 6.13. The van der Waals surface area contributed by atoms with Gasteiger partial charge in [0.05, 0.1) is 17.6 Å². The number of ether oxygens (including phenoxy) is 1. The van der Waals surface area contributed by atoms with Crippen LogP contribution in [0.4, 0.5) is 11.4 Å². The number of rotatable bonds is 4. The Hall–Kier alpha value is -2.08. The fourth-order valence-corrected chi connectivity index (χ4v) is 1.95. The largest absolute Gasteiger partial charge is 0.482 e. The Bertz CT molecular complexity index is 632. The second-order valence-electron chi connectivity index (χ2n) is 4.27. The summed E-state index contributed by atoms with van der Waals surface area (Å²) in [7, 11) is 0. The van der Waals surface area contributed by atoms with E-state index in [1.54, 1.807) is 24.4 Å². The number of anilines is 2. The molecule has 0 saturated heterocycles. The maximum absolute atomic E-state index is 11.8. The fraction of sp³-hybridized carbons (Fsp3) is 0.143. The van der Waals surface area contributed by atoms with Crippen LogP contribution in [-0.4, -0.2) is 17.5 Å². The summed E-state index contributed by atoms with van der Waals surface area (Å²) in [6, 6.07) is 7.18. The topological polar surface area (TPSA) is 77.2 Å². The molecule has 5 nitrogen and oxygen atoms in total. The molecule has 0 radical (unpaired) electrons. The number of hydrogen-bond donors (Lipinski definition) is 2. The number of aromatic nitrogens is 1. The summed E-state index contributed by atoms with van der Waals surface area (Å²) in [5.74, 6) is 0.243. The zero-order chi connectivity index (χ0) is 14.5. The van der Waals surface area contributed by atoms with Gasteiger partial charge in [0.2, 0.25) is 0 Å². The normalized spacial score (nSPS) is 10.1. The third kappa shape index (κ3) is 3.96. The van der Waals surface area contributed by atoms with E-state index < -0.39 is 0 Å². The van der Waals surface area contributed by atoms with Crippen molar-refractivity contribution in [3.8, 4) is 5.75 Å². The van der Waals surface area contributed by atoms with Gasteiger partial charge in [-0.3, -0.25) is 9.78 Å². The standard InChI is InChI=1S/C14H14BrN3O2/c1-9-2-3-13(12(16)4-9)18-14(19)8-20-11-5-10(15)6-17-7-11/h2-7H,8,16H2,1H3,(H,18,19). The van der Waals surface area contributed by atoms with E-state index in [9.17, 15) is 4.79 Å². The lowest BCUT2D eigenvalue weighted by Gasteiger charge is -2.10. The predicted octanol–water partition coefficient (Wildman–Crippen LogP) is 2.75. The summed E-state index contributed by atoms with van der Waals surface area (Å²) in [5.41, 5.74) is 7.97. The van der Waals surface area contributed by atoms with Gasteiger partial charge < -0.3 is 15.8 Å². The van der Waals surface area contributed by atoms with Gasteiger partial charge in [-0.15, -0.1) is 0 Å². The van der Waals surface area contributed by atoms with Crippen LogP contribution in [0.25, 0.3) is 0 Å². The molecule has 0 fully saturated rings. The van der Waals surface area contributed by atoms with Crippen molar-refractivity contribution in [2.24, 2.45) is 0 Å². The SMILES string of the molecule is Cc1ccc(NC(=O)COc2cncc(Br)c2)c(N)c1. The fourth-order valence-electron chi connectivity index (χ4n) is 1.60. The maximum Gasteiger partial charge on any atom is 0.262 e. The highest BCUT2D eigenvalue weighted by molar-refractivity contribution is 9.10. The Morgan fingerprint density at radius 1 is 1.40 bits per heavy atom. The average Bonchev–Trinajstić information content (AvgIpc) is 2.40. The Labute approximate surface area is 125 Å². The lowest BCUT2D eigenvalue weighted by molar-refractivity contribution is -0.118. The van der Waals surface area contributed by atoms with E-state index in [0.29, 0.717) is 17.1 Å². The van der Waals surface area contributed by atoms with Crippen molar-refractivity contribution in [2.45, 2.75) is 6.92 Å². The van der Waals surface area contributed by atoms with Crippen molar-refractivity contribution in [1.29, 1.82) is 0 Å². The molecule has 20 heavy (non-hydrogen) atoms. The van der Waals surface area contributed by atoms with Gasteiger partial charge in [0.15, 0.2) is 6.61 Å². The second kappa shape index (κ2) is 6.38. The molecule has 0 unspecified atom stereocenters. The summed E-state index contributed by atoms with van der Waals surface area (Å²) >= 11 is 3.28. The third-order valence-electron chi connectivity index (χ3n) is 2.53. The average molecular weight is 336 g/mol. The lowest BCUT2D eigenvalue weighted by atomic mass is 10.2. The summed E-state index contributed by atoms with van der Waals surface area (Å²) in [4.78, 5) is 15.7. The Morgan fingerprint density at radius 3 is 2.90 bits per heavy atom. The van der Waals surface area contributed by atoms with Gasteiger partial charge in [0, 0.05) is 10.7 Å². The van der Waals surface area contributed by atoms with E-state index in [4.69, 9.17) is 10.5 Å². The number of amides is 1. The molecule has 1 aromatic heterocycles. The van der Waals surface area contributed by atoms with Crippen molar-refractivity contribution < 1.29 is 9.53 Å². The number of benzene rings is 1. The van der Waals surface area contributed by atoms with Crippen molar-refractivity contribution in [1.82, 2.24) is 4.98 Å². The number of aryl methyl sites for hydroxylation is 1. The molecule has 0 aliphatic heterocycles. The summed E-state index contributed by atoms with van der Waals surface area (Å²) in [5, 5.41) is 2.70. The number of nitrogens with zero attached hydrogens (tertiary/aromatic N) is 1. The third-order valence-corrected chi connectivity index (χ3v) is 2.96. The van der Waals surface area contributed by atoms with Crippen molar-refractivity contribution in [2.75, 3.05) is 17.7 Å². The van der Waals surface area contributed by atoms with Gasteiger partial charge in [0.1, 0.15) is 5.75 Å². The van der Waals surface area contributed by atoms with Crippen LogP contribution >= 0.6 is 15.9 Å². The van der Waals surface area contributed by atoms with Crippen LogP contribution in [0.2, 0.25) is 0 Å². The van der Waals surface area contributed by atoms with Crippen molar-refractivity contribution >= 4 is 33.2 Å². The molecular formula is C14H14BrN3O2. The second-order valence-corrected chi connectivity index (χ2v) is 5.18. The molecule has 6 heteroatoms. The first-order chi connectivity index (χ1) is 9.54. The zero-order valence-corrected chi connectivity index (χ0v) is 12.5. The molecule has 0 bridgehead atoms. The van der Waals surface area contributed by atoms with E-state index in [0.717, 1.165) is 10.0 Å². The number of nitrogens with one attached hydrogen (secondary N) is 1. The van der Waals surface area contributed by atoms with Crippen LogP contribution in [0.15, 0.2) is 41.1 Å². The van der Waals surface area contributed by atoms with Crippen molar-refractivity contribution in [3.63, 3.8) is 0 Å². The Kier molecular flexibility index (Phi) is 4.57. The first kappa shape index (κ1) is 14.3. The first-order valence-electron chi connectivity index (χ1n) is 5.94. The lowest BCUT2D eigenvalue weighted by Crippen LogP contribution is -2.20. The van der Waals surface area contributed by atoms with E-state index in [1.807, 2.05) is 13.0 Å². The van der Waals surface area contributed by atoms with Crippen LogP contribution in [0.5, 0.6) is 5.75 Å². The molecule has 0 aliphatic rings. The molecule has 2 aromatic rings. The minimum absolute atomic E-state index is 0.106. The van der Waals surface area contributed by atoms with Crippen LogP contribution in [0, 0.1) is 6.92 Å². The summed E-state index contributed by atoms with van der Waals surface area (Å²) in [6.07, 6.45) is 3.18. The van der Waals surface area contributed by atoms with Gasteiger partial charge >= 0.3 is 0 Å². The Balaban J connectivity index is 1.92. The van der Waals surface area contributed by atoms with Crippen LogP contribution in [0.3, 0.4) is 0 Å². The number of hydrogen-bond acceptors (Lipinski definition) is 4. The number of carbonyl (C=O) groups excluding carboxylic acids is 1. The molecule has 3 N–H and O–H groups in total. The number of nitrogens with two attached hydrogens (primary N) is 1. The number of pyridine rings is 1. The van der Waals surface area contributed by atoms with Gasteiger partial charge in [-0.1, -0.05) is 6.07 Å². The minimum atomic E-state index is -0.277. The smallest absolute Gasteiger partial charge is 0.262 e. The molecule has 1 heterocycles. The maximum atomic E-state index is 11.8. The summed E-state index contributed by atoms with van der Waals surface area (Å²) in [6.45, 7) is 1.83. The van der Waals surface area contributed by atoms with Crippen LogP contribution in [-0.2, 0) is 4.79 Å². The van der Waals surface area contributed by atoms with Crippen molar-refractivity contribution in [3.05, 3.63) is 46.7 Å². The molecule has 0 aliphatic carbocycles. The molecule has 104 valence electrons. The number of halogens is 1. The van der Waals surface area contributed by atoms with E-state index in [1.165, 1.54) is 6.20 Å². The highest BCUT2D eigenvalue weighted by Crippen LogP contribution is 2.19. The first-order valence-corrected chi connectivity index (χ1v) is 6.73. The van der Waals surface area contributed by atoms with E-state index in [-0.39, 0.29) is 12.5 Å². The monoisotopic (exact) mass is 335 g/mol. The van der Waals surface area contributed by atoms with Gasteiger partial charge in [0.25, 0.3) is 5.91 Å². The van der Waals surface area contributed by atoms with Crippen LogP contribution in [0.1, 0.15) is 5.56 Å². The quantitative estimate of drug-likeness (QED) is 0.842. The number of carbonyl (C=O) groups is 1. The molecule has 1 amide bonds. The molecule has 0 saturated carbocycles. The minimum Gasteiger partial charge on any atom is -0.482 e. The highest BCUT2D eigenvalue weighted by atomic mass is 79.9. The zero-order valence-electron chi connectivity index (χ0n) is 10.9. The van der Waals surface area contributed by atoms with E-state index >= 15 is 0 Å². The molecule has 2 rings (SSSR count). The molecule has 0 atom stereocenters.